The second kappa shape index (κ2) is 9.26. The van der Waals surface area contributed by atoms with Crippen molar-refractivity contribution in [2.75, 3.05) is 12.0 Å². The first-order chi connectivity index (χ1) is 17.5. The van der Waals surface area contributed by atoms with E-state index in [0.29, 0.717) is 51.9 Å². The topological polar surface area (TPSA) is 97.2 Å². The Morgan fingerprint density at radius 1 is 1.03 bits per heavy atom. The molecule has 188 valence electrons. The standard InChI is InChI=1S/C27H31FN6O2/c1-15-24(36-2)13-21(31-30-15)17-6-9-20(23(35)12-17)27-29-14-25(32-33-27)34(19-7-8-19)22-11-16-4-3-5-18(10-16)26(22)28/h6,9,12-14,16,18-19,22,26,35H,3-5,7-8,10-11H2,1-2H3/t16-,18+,22+,26-/m1/s1. The number of benzene rings is 1. The molecular formula is C27H31FN6O2. The molecule has 2 bridgehead atoms. The van der Waals surface area contributed by atoms with Gasteiger partial charge in [0.1, 0.15) is 23.4 Å². The zero-order valence-corrected chi connectivity index (χ0v) is 20.6. The molecule has 1 N–H and O–H groups in total. The van der Waals surface area contributed by atoms with Crippen LogP contribution in [0.2, 0.25) is 0 Å². The van der Waals surface area contributed by atoms with Gasteiger partial charge in [0.2, 0.25) is 0 Å². The molecule has 0 unspecified atom stereocenters. The van der Waals surface area contributed by atoms with Crippen LogP contribution in [0.5, 0.6) is 11.5 Å². The summed E-state index contributed by atoms with van der Waals surface area (Å²) >= 11 is 0. The highest BCUT2D eigenvalue weighted by atomic mass is 19.1. The van der Waals surface area contributed by atoms with Crippen molar-refractivity contribution in [2.24, 2.45) is 11.8 Å². The molecule has 8 nitrogen and oxygen atoms in total. The van der Waals surface area contributed by atoms with Crippen LogP contribution < -0.4 is 9.64 Å². The number of phenols is 1. The van der Waals surface area contributed by atoms with Crippen molar-refractivity contribution in [1.29, 1.82) is 0 Å². The van der Waals surface area contributed by atoms with Crippen LogP contribution in [0.3, 0.4) is 0 Å². The molecule has 2 heterocycles. The van der Waals surface area contributed by atoms with E-state index < -0.39 is 6.17 Å². The number of nitrogens with zero attached hydrogens (tertiary/aromatic N) is 6. The number of aryl methyl sites for hydroxylation is 1. The summed E-state index contributed by atoms with van der Waals surface area (Å²) in [6.45, 7) is 1.82. The fraction of sp³-hybridized carbons (Fsp3) is 0.519. The molecule has 4 atom stereocenters. The predicted octanol–water partition coefficient (Wildman–Crippen LogP) is 4.90. The maximum atomic E-state index is 15.5. The summed E-state index contributed by atoms with van der Waals surface area (Å²) in [5, 5.41) is 27.9. The van der Waals surface area contributed by atoms with Crippen LogP contribution in [0.25, 0.3) is 22.6 Å². The summed E-state index contributed by atoms with van der Waals surface area (Å²) in [6.07, 6.45) is 8.21. The number of fused-ring (bicyclic) bond motifs is 2. The van der Waals surface area contributed by atoms with Crippen molar-refractivity contribution in [3.8, 4) is 34.1 Å². The summed E-state index contributed by atoms with van der Waals surface area (Å²) < 4.78 is 20.9. The number of halogens is 1. The summed E-state index contributed by atoms with van der Waals surface area (Å²) in [7, 11) is 1.58. The first-order valence-electron chi connectivity index (χ1n) is 12.9. The number of hydrogen-bond donors (Lipinski definition) is 1. The zero-order valence-electron chi connectivity index (χ0n) is 20.6. The third kappa shape index (κ3) is 4.24. The van der Waals surface area contributed by atoms with Crippen LogP contribution in [0.4, 0.5) is 10.2 Å². The molecule has 3 aliphatic carbocycles. The molecule has 0 saturated heterocycles. The number of aromatic nitrogens is 5. The first-order valence-corrected chi connectivity index (χ1v) is 12.9. The van der Waals surface area contributed by atoms with E-state index in [1.807, 2.05) is 13.0 Å². The Labute approximate surface area is 210 Å². The third-order valence-electron chi connectivity index (χ3n) is 8.01. The monoisotopic (exact) mass is 490 g/mol. The Bertz CT molecular complexity index is 1250. The van der Waals surface area contributed by atoms with E-state index >= 15 is 4.39 Å². The van der Waals surface area contributed by atoms with Crippen molar-refractivity contribution >= 4 is 5.82 Å². The van der Waals surface area contributed by atoms with Crippen molar-refractivity contribution in [2.45, 2.75) is 70.1 Å². The Hall–Kier alpha value is -3.36. The zero-order chi connectivity index (χ0) is 24.8. The number of hydrogen-bond acceptors (Lipinski definition) is 8. The van der Waals surface area contributed by atoms with Gasteiger partial charge in [-0.25, -0.2) is 9.37 Å². The average Bonchev–Trinajstić information content (AvgIpc) is 3.73. The number of rotatable bonds is 6. The third-order valence-corrected chi connectivity index (χ3v) is 8.01. The predicted molar refractivity (Wildman–Crippen MR) is 133 cm³/mol. The summed E-state index contributed by atoms with van der Waals surface area (Å²) in [5.74, 6) is 2.37. The van der Waals surface area contributed by atoms with Crippen LogP contribution >= 0.6 is 0 Å². The summed E-state index contributed by atoms with van der Waals surface area (Å²) in [6, 6.07) is 7.13. The van der Waals surface area contributed by atoms with Gasteiger partial charge in [-0.3, -0.25) is 0 Å². The molecule has 3 aromatic rings. The van der Waals surface area contributed by atoms with Gasteiger partial charge >= 0.3 is 0 Å². The SMILES string of the molecule is COc1cc(-c2ccc(-c3ncc(N(C4CC4)[C@H]4C[C@@H]5CCC[C@@H](C5)[C@H]4F)nn3)c(O)c2)nnc1C. The maximum Gasteiger partial charge on any atom is 0.185 e. The molecule has 0 spiro atoms. The Morgan fingerprint density at radius 3 is 2.61 bits per heavy atom. The smallest absolute Gasteiger partial charge is 0.185 e. The molecule has 3 fully saturated rings. The first kappa shape index (κ1) is 23.1. The molecule has 3 saturated carbocycles. The van der Waals surface area contributed by atoms with Crippen LogP contribution in [0, 0.1) is 18.8 Å². The van der Waals surface area contributed by atoms with Crippen molar-refractivity contribution in [1.82, 2.24) is 25.4 Å². The van der Waals surface area contributed by atoms with Gasteiger partial charge in [0.05, 0.1) is 30.6 Å². The van der Waals surface area contributed by atoms with Crippen molar-refractivity contribution < 1.29 is 14.2 Å². The number of anilines is 1. The summed E-state index contributed by atoms with van der Waals surface area (Å²) in [4.78, 5) is 6.69. The highest BCUT2D eigenvalue weighted by Crippen LogP contribution is 2.46. The van der Waals surface area contributed by atoms with Crippen LogP contribution in [0.15, 0.2) is 30.5 Å². The van der Waals surface area contributed by atoms with Gasteiger partial charge < -0.3 is 14.7 Å². The molecule has 9 heteroatoms. The Balaban J connectivity index is 1.25. The Morgan fingerprint density at radius 2 is 1.89 bits per heavy atom. The molecule has 0 amide bonds. The van der Waals surface area contributed by atoms with E-state index in [1.54, 1.807) is 31.5 Å². The van der Waals surface area contributed by atoms with Gasteiger partial charge in [0, 0.05) is 17.7 Å². The van der Waals surface area contributed by atoms with Gasteiger partial charge in [0.15, 0.2) is 11.6 Å². The van der Waals surface area contributed by atoms with E-state index in [4.69, 9.17) is 4.74 Å². The molecular weight excluding hydrogens is 459 g/mol. The highest BCUT2D eigenvalue weighted by molar-refractivity contribution is 5.71. The quantitative estimate of drug-likeness (QED) is 0.521. The second-order valence-corrected chi connectivity index (χ2v) is 10.4. The van der Waals surface area contributed by atoms with E-state index in [2.05, 4.69) is 30.3 Å². The minimum atomic E-state index is -0.830. The molecule has 36 heavy (non-hydrogen) atoms. The highest BCUT2D eigenvalue weighted by Gasteiger charge is 2.46. The minimum absolute atomic E-state index is 0.0198. The van der Waals surface area contributed by atoms with E-state index in [-0.39, 0.29) is 17.7 Å². The lowest BCUT2D eigenvalue weighted by molar-refractivity contribution is 0.0631. The van der Waals surface area contributed by atoms with Crippen molar-refractivity contribution in [3.63, 3.8) is 0 Å². The number of alkyl halides is 1. The lowest BCUT2D eigenvalue weighted by atomic mass is 9.69. The van der Waals surface area contributed by atoms with E-state index in [9.17, 15) is 5.11 Å². The van der Waals surface area contributed by atoms with E-state index in [1.165, 1.54) is 6.42 Å². The number of phenolic OH excluding ortho intramolecular Hbond substituents is 1. The van der Waals surface area contributed by atoms with Gasteiger partial charge in [-0.1, -0.05) is 18.9 Å². The van der Waals surface area contributed by atoms with Crippen LogP contribution in [0.1, 0.15) is 50.6 Å². The van der Waals surface area contributed by atoms with Gasteiger partial charge in [-0.05, 0) is 63.0 Å². The Kier molecular flexibility index (Phi) is 5.93. The van der Waals surface area contributed by atoms with Crippen molar-refractivity contribution in [3.05, 3.63) is 36.2 Å². The number of aromatic hydroxyl groups is 1. The fourth-order valence-electron chi connectivity index (χ4n) is 6.04. The normalized spacial score (nSPS) is 25.4. The molecule has 0 aliphatic heterocycles. The minimum Gasteiger partial charge on any atom is -0.507 e. The number of ether oxygens (including phenoxy) is 1. The van der Waals surface area contributed by atoms with Crippen LogP contribution in [-0.4, -0.2) is 55.9 Å². The van der Waals surface area contributed by atoms with E-state index in [0.717, 1.165) is 38.5 Å². The molecule has 0 radical (unpaired) electrons. The maximum absolute atomic E-state index is 15.5. The largest absolute Gasteiger partial charge is 0.507 e. The molecule has 6 rings (SSSR count). The lowest BCUT2D eigenvalue weighted by Gasteiger charge is -2.46. The average molecular weight is 491 g/mol. The van der Waals surface area contributed by atoms with Gasteiger partial charge in [-0.15, -0.1) is 15.3 Å². The van der Waals surface area contributed by atoms with Gasteiger partial charge in [0.25, 0.3) is 0 Å². The van der Waals surface area contributed by atoms with Gasteiger partial charge in [-0.2, -0.15) is 5.10 Å². The molecule has 2 aromatic heterocycles. The lowest BCUT2D eigenvalue weighted by Crippen LogP contribution is -2.52. The van der Waals surface area contributed by atoms with Crippen LogP contribution in [-0.2, 0) is 0 Å². The molecule has 3 aliphatic rings. The fourth-order valence-corrected chi connectivity index (χ4v) is 6.04. The summed E-state index contributed by atoms with van der Waals surface area (Å²) in [5.41, 5.74) is 2.45. The molecule has 1 aromatic carbocycles. The second-order valence-electron chi connectivity index (χ2n) is 10.4. The number of methoxy groups -OCH3 is 1.